The summed E-state index contributed by atoms with van der Waals surface area (Å²) in [7, 11) is 0. The lowest BCUT2D eigenvalue weighted by atomic mass is 9.97. The molecule has 2 atom stereocenters. The average molecular weight is 222 g/mol. The van der Waals surface area contributed by atoms with Gasteiger partial charge in [-0.3, -0.25) is 0 Å². The van der Waals surface area contributed by atoms with Gasteiger partial charge in [-0.05, 0) is 18.8 Å². The highest BCUT2D eigenvalue weighted by molar-refractivity contribution is 14.1. The summed E-state index contributed by atoms with van der Waals surface area (Å²) in [5.74, 6) is 0.903. The first kappa shape index (κ1) is 6.59. The van der Waals surface area contributed by atoms with Crippen LogP contribution in [0, 0.1) is 5.92 Å². The minimum Gasteiger partial charge on any atom is -0.0875 e. The summed E-state index contributed by atoms with van der Waals surface area (Å²) in [4.78, 5) is 0. The van der Waals surface area contributed by atoms with Gasteiger partial charge in [-0.25, -0.2) is 0 Å². The van der Waals surface area contributed by atoms with Gasteiger partial charge in [0, 0.05) is 3.92 Å². The van der Waals surface area contributed by atoms with E-state index in [0.717, 1.165) is 9.84 Å². The molecule has 1 unspecified atom stereocenters. The Morgan fingerprint density at radius 3 is 2.75 bits per heavy atom. The van der Waals surface area contributed by atoms with Crippen LogP contribution in [-0.4, -0.2) is 3.92 Å². The first-order valence-electron chi connectivity index (χ1n) is 3.11. The largest absolute Gasteiger partial charge is 0.0875 e. The topological polar surface area (TPSA) is 0 Å². The summed E-state index contributed by atoms with van der Waals surface area (Å²) < 4.78 is 0.793. The molecule has 8 heavy (non-hydrogen) atoms. The van der Waals surface area contributed by atoms with Gasteiger partial charge in [0.15, 0.2) is 0 Å². The Kier molecular flexibility index (Phi) is 2.35. The van der Waals surface area contributed by atoms with Crippen LogP contribution in [0.3, 0.4) is 0 Å². The minimum atomic E-state index is 0.793. The van der Waals surface area contributed by atoms with Gasteiger partial charge in [-0.1, -0.05) is 41.7 Å². The van der Waals surface area contributed by atoms with E-state index in [1.165, 1.54) is 12.8 Å². The number of alkyl halides is 1. The summed E-state index contributed by atoms with van der Waals surface area (Å²) in [6, 6.07) is 0. The number of hydrogen-bond donors (Lipinski definition) is 0. The second-order valence-corrected chi connectivity index (χ2v) is 3.87. The van der Waals surface area contributed by atoms with Crippen LogP contribution in [0.15, 0.2) is 12.2 Å². The predicted molar refractivity (Wildman–Crippen MR) is 45.3 cm³/mol. The van der Waals surface area contributed by atoms with Crippen molar-refractivity contribution in [1.29, 1.82) is 0 Å². The highest BCUT2D eigenvalue weighted by Gasteiger charge is 2.12. The van der Waals surface area contributed by atoms with Crippen LogP contribution in [0.5, 0.6) is 0 Å². The molecule has 0 aliphatic heterocycles. The van der Waals surface area contributed by atoms with Gasteiger partial charge < -0.3 is 0 Å². The highest BCUT2D eigenvalue weighted by Crippen LogP contribution is 2.23. The maximum absolute atomic E-state index is 2.50. The molecule has 0 fully saturated rings. The highest BCUT2D eigenvalue weighted by atomic mass is 127. The number of halogens is 1. The maximum atomic E-state index is 2.50. The Bertz CT molecular complexity index is 96.6. The summed E-state index contributed by atoms with van der Waals surface area (Å²) >= 11 is 2.50. The van der Waals surface area contributed by atoms with Gasteiger partial charge in [0.1, 0.15) is 0 Å². The Balaban J connectivity index is 2.47. The average Bonchev–Trinajstić information content (AvgIpc) is 1.77. The predicted octanol–water partition coefficient (Wildman–Crippen LogP) is 2.78. The first-order chi connectivity index (χ1) is 3.80. The zero-order chi connectivity index (χ0) is 5.98. The molecule has 0 radical (unpaired) electrons. The molecule has 0 aromatic carbocycles. The van der Waals surface area contributed by atoms with Gasteiger partial charge in [-0.2, -0.15) is 0 Å². The number of allylic oxidation sites excluding steroid dienone is 2. The summed E-state index contributed by atoms with van der Waals surface area (Å²) in [5.41, 5.74) is 0. The van der Waals surface area contributed by atoms with Crippen LogP contribution in [0.25, 0.3) is 0 Å². The molecule has 0 saturated heterocycles. The molecule has 1 aliphatic rings. The fourth-order valence-corrected chi connectivity index (χ4v) is 1.59. The molecule has 0 bridgehead atoms. The van der Waals surface area contributed by atoms with Crippen molar-refractivity contribution in [3.63, 3.8) is 0 Å². The van der Waals surface area contributed by atoms with E-state index in [1.54, 1.807) is 0 Å². The van der Waals surface area contributed by atoms with Crippen molar-refractivity contribution in [2.24, 2.45) is 5.92 Å². The molecule has 0 aromatic heterocycles. The quantitative estimate of drug-likeness (QED) is 0.336. The first-order valence-corrected chi connectivity index (χ1v) is 4.36. The van der Waals surface area contributed by atoms with E-state index < -0.39 is 0 Å². The zero-order valence-corrected chi connectivity index (χ0v) is 7.26. The molecular weight excluding hydrogens is 211 g/mol. The normalized spacial score (nSPS) is 37.8. The molecule has 0 amide bonds. The van der Waals surface area contributed by atoms with Crippen LogP contribution in [-0.2, 0) is 0 Å². The van der Waals surface area contributed by atoms with Crippen molar-refractivity contribution >= 4 is 22.6 Å². The van der Waals surface area contributed by atoms with Crippen molar-refractivity contribution in [2.45, 2.75) is 23.7 Å². The lowest BCUT2D eigenvalue weighted by Gasteiger charge is -2.17. The third-order valence-electron chi connectivity index (χ3n) is 1.65. The van der Waals surface area contributed by atoms with Crippen LogP contribution in [0.1, 0.15) is 19.8 Å². The Morgan fingerprint density at radius 2 is 2.38 bits per heavy atom. The van der Waals surface area contributed by atoms with E-state index in [2.05, 4.69) is 41.7 Å². The Hall–Kier alpha value is 0.470. The van der Waals surface area contributed by atoms with Crippen LogP contribution < -0.4 is 0 Å². The molecule has 1 heteroatoms. The maximum Gasteiger partial charge on any atom is 0.0315 e. The number of hydrogen-bond acceptors (Lipinski definition) is 0. The molecule has 0 N–H and O–H groups in total. The fourth-order valence-electron chi connectivity index (χ4n) is 0.934. The van der Waals surface area contributed by atoms with E-state index in [9.17, 15) is 0 Å². The van der Waals surface area contributed by atoms with Crippen molar-refractivity contribution < 1.29 is 0 Å². The summed E-state index contributed by atoms with van der Waals surface area (Å²) in [6.07, 6.45) is 7.27. The van der Waals surface area contributed by atoms with Crippen molar-refractivity contribution in [1.82, 2.24) is 0 Å². The van der Waals surface area contributed by atoms with Gasteiger partial charge in [0.05, 0.1) is 0 Å². The van der Waals surface area contributed by atoms with Crippen LogP contribution in [0.2, 0.25) is 0 Å². The van der Waals surface area contributed by atoms with Gasteiger partial charge >= 0.3 is 0 Å². The Labute approximate surface area is 64.5 Å². The van der Waals surface area contributed by atoms with E-state index in [-0.39, 0.29) is 0 Å². The fraction of sp³-hybridized carbons (Fsp3) is 0.714. The van der Waals surface area contributed by atoms with E-state index in [1.807, 2.05) is 0 Å². The second-order valence-electron chi connectivity index (χ2n) is 2.43. The van der Waals surface area contributed by atoms with E-state index in [4.69, 9.17) is 0 Å². The van der Waals surface area contributed by atoms with Crippen molar-refractivity contribution in [2.75, 3.05) is 0 Å². The molecule has 0 heterocycles. The standard InChI is InChI=1S/C7H11I/c1-6-4-2-3-5-7(6)8/h3,5-7H,2,4H2,1H3/t6-,7?/m0/s1. The SMILES string of the molecule is C[C@H]1CCC=CC1I. The Morgan fingerprint density at radius 1 is 1.62 bits per heavy atom. The molecule has 0 saturated carbocycles. The van der Waals surface area contributed by atoms with E-state index >= 15 is 0 Å². The molecular formula is C7H11I. The number of rotatable bonds is 0. The lowest BCUT2D eigenvalue weighted by Crippen LogP contribution is -2.10. The van der Waals surface area contributed by atoms with Gasteiger partial charge in [0.25, 0.3) is 0 Å². The monoisotopic (exact) mass is 222 g/mol. The zero-order valence-electron chi connectivity index (χ0n) is 5.10. The van der Waals surface area contributed by atoms with Crippen molar-refractivity contribution in [3.05, 3.63) is 12.2 Å². The van der Waals surface area contributed by atoms with Crippen LogP contribution in [0.4, 0.5) is 0 Å². The molecule has 0 spiro atoms. The molecule has 0 aromatic rings. The van der Waals surface area contributed by atoms with Crippen molar-refractivity contribution in [3.8, 4) is 0 Å². The van der Waals surface area contributed by atoms with Gasteiger partial charge in [-0.15, -0.1) is 0 Å². The third-order valence-corrected chi connectivity index (χ3v) is 3.30. The summed E-state index contributed by atoms with van der Waals surface area (Å²) in [5, 5.41) is 0. The van der Waals surface area contributed by atoms with E-state index in [0.29, 0.717) is 0 Å². The molecule has 1 aliphatic carbocycles. The molecule has 0 nitrogen and oxygen atoms in total. The summed E-state index contributed by atoms with van der Waals surface area (Å²) in [6.45, 7) is 2.32. The molecule has 46 valence electrons. The smallest absolute Gasteiger partial charge is 0.0315 e. The molecule has 1 rings (SSSR count). The third kappa shape index (κ3) is 1.47. The minimum absolute atomic E-state index is 0.793. The van der Waals surface area contributed by atoms with Gasteiger partial charge in [0.2, 0.25) is 0 Å². The van der Waals surface area contributed by atoms with Crippen LogP contribution >= 0.6 is 22.6 Å². The second kappa shape index (κ2) is 2.85. The lowest BCUT2D eigenvalue weighted by molar-refractivity contribution is 0.549.